The van der Waals surface area contributed by atoms with E-state index in [0.717, 1.165) is 43.9 Å². The zero-order chi connectivity index (χ0) is 19.6. The Bertz CT molecular complexity index is 924. The third kappa shape index (κ3) is 4.30. The third-order valence-corrected chi connectivity index (χ3v) is 7.13. The average Bonchev–Trinajstić information content (AvgIpc) is 3.12. The lowest BCUT2D eigenvalue weighted by Gasteiger charge is -2.27. The summed E-state index contributed by atoms with van der Waals surface area (Å²) >= 11 is 0. The van der Waals surface area contributed by atoms with E-state index in [9.17, 15) is 8.42 Å². The van der Waals surface area contributed by atoms with Crippen LogP contribution in [0.15, 0.2) is 30.3 Å². The molecule has 0 aliphatic carbocycles. The molecule has 2 aliphatic heterocycles. The van der Waals surface area contributed by atoms with Crippen molar-refractivity contribution < 1.29 is 8.42 Å². The van der Waals surface area contributed by atoms with Crippen molar-refractivity contribution in [1.82, 2.24) is 23.7 Å². The van der Waals surface area contributed by atoms with Crippen molar-refractivity contribution in [3.8, 4) is 0 Å². The van der Waals surface area contributed by atoms with Crippen LogP contribution in [-0.2, 0) is 42.8 Å². The molecule has 3 heterocycles. The molecule has 0 saturated carbocycles. The number of hydrogen-bond donors (Lipinski definition) is 1. The number of benzene rings is 1. The van der Waals surface area contributed by atoms with Crippen LogP contribution in [0.1, 0.15) is 42.3 Å². The first-order valence-corrected chi connectivity index (χ1v) is 11.6. The first-order valence-electron chi connectivity index (χ1n) is 10.1. The molecule has 0 atom stereocenters. The Morgan fingerprint density at radius 3 is 2.75 bits per heavy atom. The number of rotatable bonds is 7. The van der Waals surface area contributed by atoms with Gasteiger partial charge in [0.1, 0.15) is 0 Å². The van der Waals surface area contributed by atoms with E-state index in [2.05, 4.69) is 27.7 Å². The van der Waals surface area contributed by atoms with E-state index in [-0.39, 0.29) is 6.54 Å². The molecule has 1 aromatic carbocycles. The second-order valence-electron chi connectivity index (χ2n) is 7.66. The zero-order valence-electron chi connectivity index (χ0n) is 16.5. The Balaban J connectivity index is 1.37. The van der Waals surface area contributed by atoms with Gasteiger partial charge in [0.05, 0.1) is 24.5 Å². The van der Waals surface area contributed by atoms with Gasteiger partial charge < -0.3 is 0 Å². The molecule has 0 fully saturated rings. The fraction of sp³-hybridized carbons (Fsp3) is 0.550. The fourth-order valence-electron chi connectivity index (χ4n) is 3.97. The summed E-state index contributed by atoms with van der Waals surface area (Å²) in [6, 6.07) is 10.1. The lowest BCUT2D eigenvalue weighted by atomic mass is 10.0. The molecule has 0 saturated heterocycles. The molecule has 7 nitrogen and oxygen atoms in total. The van der Waals surface area contributed by atoms with Crippen molar-refractivity contribution in [2.45, 2.75) is 52.4 Å². The van der Waals surface area contributed by atoms with Gasteiger partial charge in [-0.3, -0.25) is 9.58 Å². The molecule has 0 spiro atoms. The topological polar surface area (TPSA) is 70.5 Å². The molecule has 2 aliphatic rings. The van der Waals surface area contributed by atoms with Crippen LogP contribution in [0, 0.1) is 0 Å². The number of nitrogens with zero attached hydrogens (tertiary/aromatic N) is 4. The molecule has 0 radical (unpaired) electrons. The van der Waals surface area contributed by atoms with Crippen molar-refractivity contribution in [2.75, 3.05) is 19.6 Å². The van der Waals surface area contributed by atoms with Crippen molar-refractivity contribution in [1.29, 1.82) is 0 Å². The summed E-state index contributed by atoms with van der Waals surface area (Å²) in [6.07, 6.45) is 3.16. The van der Waals surface area contributed by atoms with Crippen LogP contribution in [0.5, 0.6) is 0 Å². The Hall–Kier alpha value is -1.74. The lowest BCUT2D eigenvalue weighted by Crippen LogP contribution is -2.43. The molecule has 152 valence electrons. The van der Waals surface area contributed by atoms with E-state index >= 15 is 0 Å². The van der Waals surface area contributed by atoms with Gasteiger partial charge in [-0.2, -0.15) is 22.5 Å². The normalized spacial score (nSPS) is 18.0. The molecular weight excluding hydrogens is 374 g/mol. The summed E-state index contributed by atoms with van der Waals surface area (Å²) in [5.74, 6) is 0. The highest BCUT2D eigenvalue weighted by Gasteiger charge is 2.26. The van der Waals surface area contributed by atoms with E-state index in [1.54, 1.807) is 0 Å². The van der Waals surface area contributed by atoms with Crippen LogP contribution in [-0.4, -0.2) is 47.0 Å². The van der Waals surface area contributed by atoms with Gasteiger partial charge in [0.15, 0.2) is 0 Å². The summed E-state index contributed by atoms with van der Waals surface area (Å²) in [6.45, 7) is 7.26. The van der Waals surface area contributed by atoms with Gasteiger partial charge in [0, 0.05) is 26.2 Å². The van der Waals surface area contributed by atoms with Gasteiger partial charge in [-0.25, -0.2) is 0 Å². The van der Waals surface area contributed by atoms with E-state index in [1.165, 1.54) is 28.4 Å². The quantitative estimate of drug-likeness (QED) is 0.766. The number of nitrogens with one attached hydrogen (secondary N) is 1. The van der Waals surface area contributed by atoms with Gasteiger partial charge in [-0.15, -0.1) is 0 Å². The molecule has 1 aromatic heterocycles. The van der Waals surface area contributed by atoms with Gasteiger partial charge in [0.2, 0.25) is 0 Å². The smallest absolute Gasteiger partial charge is 0.280 e. The monoisotopic (exact) mass is 403 g/mol. The lowest BCUT2D eigenvalue weighted by molar-refractivity contribution is 0.210. The summed E-state index contributed by atoms with van der Waals surface area (Å²) in [7, 11) is -3.52. The van der Waals surface area contributed by atoms with Crippen LogP contribution in [0.4, 0.5) is 0 Å². The molecule has 0 unspecified atom stereocenters. The SMILES string of the molecule is CCCCN1CCn2nc(CNS(=O)(=O)N3CCc4ccccc4C3)cc2C1. The minimum Gasteiger partial charge on any atom is -0.296 e. The summed E-state index contributed by atoms with van der Waals surface area (Å²) < 4.78 is 31.8. The highest BCUT2D eigenvalue weighted by Crippen LogP contribution is 2.20. The van der Waals surface area contributed by atoms with E-state index in [4.69, 9.17) is 0 Å². The minimum absolute atomic E-state index is 0.232. The minimum atomic E-state index is -3.52. The summed E-state index contributed by atoms with van der Waals surface area (Å²) in [4.78, 5) is 2.44. The maximum absolute atomic E-state index is 12.8. The molecule has 2 aromatic rings. The Kier molecular flexibility index (Phi) is 5.82. The van der Waals surface area contributed by atoms with Crippen LogP contribution < -0.4 is 4.72 Å². The van der Waals surface area contributed by atoms with Gasteiger partial charge in [-0.1, -0.05) is 37.6 Å². The molecule has 0 amide bonds. The van der Waals surface area contributed by atoms with Crippen molar-refractivity contribution in [2.24, 2.45) is 0 Å². The maximum atomic E-state index is 12.8. The van der Waals surface area contributed by atoms with Crippen molar-refractivity contribution in [3.63, 3.8) is 0 Å². The number of hydrogen-bond acceptors (Lipinski definition) is 4. The average molecular weight is 404 g/mol. The van der Waals surface area contributed by atoms with Gasteiger partial charge in [0.25, 0.3) is 10.2 Å². The predicted molar refractivity (Wildman–Crippen MR) is 109 cm³/mol. The second-order valence-corrected chi connectivity index (χ2v) is 9.41. The van der Waals surface area contributed by atoms with E-state index in [1.807, 2.05) is 28.9 Å². The standard InChI is InChI=1S/C20H29N5O2S/c1-2-3-9-23-11-12-25-20(16-23)13-19(22-25)14-21-28(26,27)24-10-8-17-6-4-5-7-18(17)15-24/h4-7,13,21H,2-3,8-12,14-16H2,1H3. The number of fused-ring (bicyclic) bond motifs is 2. The molecule has 8 heteroatoms. The van der Waals surface area contributed by atoms with Crippen LogP contribution in [0.25, 0.3) is 0 Å². The van der Waals surface area contributed by atoms with E-state index in [0.29, 0.717) is 13.1 Å². The molecule has 4 rings (SSSR count). The Labute approximate surface area is 167 Å². The number of aromatic nitrogens is 2. The largest absolute Gasteiger partial charge is 0.296 e. The second kappa shape index (κ2) is 8.32. The van der Waals surface area contributed by atoms with Gasteiger partial charge >= 0.3 is 0 Å². The number of unbranched alkanes of at least 4 members (excludes halogenated alkanes) is 1. The molecule has 1 N–H and O–H groups in total. The third-order valence-electron chi connectivity index (χ3n) is 5.63. The highest BCUT2D eigenvalue weighted by atomic mass is 32.2. The Morgan fingerprint density at radius 1 is 1.11 bits per heavy atom. The van der Waals surface area contributed by atoms with Crippen LogP contribution >= 0.6 is 0 Å². The fourth-order valence-corrected chi connectivity index (χ4v) is 5.12. The summed E-state index contributed by atoms with van der Waals surface area (Å²) in [5, 5.41) is 4.59. The van der Waals surface area contributed by atoms with Crippen molar-refractivity contribution in [3.05, 3.63) is 52.8 Å². The zero-order valence-corrected chi connectivity index (χ0v) is 17.3. The van der Waals surface area contributed by atoms with Gasteiger partial charge in [-0.05, 0) is 36.6 Å². The molecular formula is C20H29N5O2S. The predicted octanol–water partition coefficient (Wildman–Crippen LogP) is 1.89. The summed E-state index contributed by atoms with van der Waals surface area (Å²) in [5.41, 5.74) is 4.28. The van der Waals surface area contributed by atoms with Crippen LogP contribution in [0.3, 0.4) is 0 Å². The van der Waals surface area contributed by atoms with Crippen LogP contribution in [0.2, 0.25) is 0 Å². The molecule has 0 bridgehead atoms. The first-order chi connectivity index (χ1) is 13.5. The highest BCUT2D eigenvalue weighted by molar-refractivity contribution is 7.87. The van der Waals surface area contributed by atoms with Crippen molar-refractivity contribution >= 4 is 10.2 Å². The van der Waals surface area contributed by atoms with E-state index < -0.39 is 10.2 Å². The Morgan fingerprint density at radius 2 is 1.93 bits per heavy atom. The first kappa shape index (κ1) is 19.6. The maximum Gasteiger partial charge on any atom is 0.280 e. The molecule has 28 heavy (non-hydrogen) atoms.